The van der Waals surface area contributed by atoms with Gasteiger partial charge in [0.1, 0.15) is 12.2 Å². The first kappa shape index (κ1) is 12.2. The highest BCUT2D eigenvalue weighted by Crippen LogP contribution is 2.13. The summed E-state index contributed by atoms with van der Waals surface area (Å²) in [6.07, 6.45) is -1.46. The average Bonchev–Trinajstić information content (AvgIpc) is 2.46. The number of rotatable bonds is 3. The van der Waals surface area contributed by atoms with Gasteiger partial charge >= 0.3 is 6.03 Å². The Bertz CT molecular complexity index is 222. The monoisotopic (exact) mass is 218 g/mol. The number of hydrogen-bond acceptors (Lipinski definition) is 4. The van der Waals surface area contributed by atoms with Crippen LogP contribution in [-0.4, -0.2) is 53.7 Å². The van der Waals surface area contributed by atoms with Crippen molar-refractivity contribution in [3.8, 4) is 0 Å². The van der Waals surface area contributed by atoms with Crippen LogP contribution >= 0.6 is 0 Å². The van der Waals surface area contributed by atoms with Crippen molar-refractivity contribution in [1.29, 1.82) is 0 Å². The van der Waals surface area contributed by atoms with Gasteiger partial charge in [-0.2, -0.15) is 0 Å². The zero-order valence-electron chi connectivity index (χ0n) is 8.93. The van der Waals surface area contributed by atoms with Crippen molar-refractivity contribution in [3.05, 3.63) is 0 Å². The molecule has 0 spiro atoms. The van der Waals surface area contributed by atoms with Gasteiger partial charge in [0.2, 0.25) is 0 Å². The van der Waals surface area contributed by atoms with E-state index in [0.29, 0.717) is 0 Å². The van der Waals surface area contributed by atoms with E-state index < -0.39 is 18.2 Å². The molecule has 1 aliphatic heterocycles. The molecule has 0 aliphatic carbocycles. The number of aliphatic hydroxyl groups excluding tert-OH is 2. The normalized spacial score (nSPS) is 30.6. The molecule has 3 unspecified atom stereocenters. The van der Waals surface area contributed by atoms with Crippen LogP contribution in [0.5, 0.6) is 0 Å². The molecule has 88 valence electrons. The fraction of sp³-hybridized carbons (Fsp3) is 0.889. The topological polar surface area (TPSA) is 90.8 Å². The predicted octanol–water partition coefficient (Wildman–Crippen LogP) is -1.19. The van der Waals surface area contributed by atoms with E-state index in [9.17, 15) is 9.90 Å². The lowest BCUT2D eigenvalue weighted by Gasteiger charge is -2.18. The van der Waals surface area contributed by atoms with Gasteiger partial charge in [-0.25, -0.2) is 4.79 Å². The minimum Gasteiger partial charge on any atom is -0.394 e. The third kappa shape index (κ3) is 3.33. The van der Waals surface area contributed by atoms with Crippen LogP contribution in [0.2, 0.25) is 0 Å². The maximum absolute atomic E-state index is 11.3. The van der Waals surface area contributed by atoms with Crippen LogP contribution in [0.1, 0.15) is 13.8 Å². The first-order chi connectivity index (χ1) is 7.04. The van der Waals surface area contributed by atoms with Crippen LogP contribution in [0.25, 0.3) is 0 Å². The fourth-order valence-electron chi connectivity index (χ4n) is 1.44. The van der Waals surface area contributed by atoms with Gasteiger partial charge < -0.3 is 25.6 Å². The molecule has 2 amide bonds. The highest BCUT2D eigenvalue weighted by atomic mass is 16.5. The molecule has 6 nitrogen and oxygen atoms in total. The summed E-state index contributed by atoms with van der Waals surface area (Å²) in [5, 5.41) is 23.7. The van der Waals surface area contributed by atoms with Crippen molar-refractivity contribution in [2.45, 2.75) is 38.1 Å². The second-order valence-corrected chi connectivity index (χ2v) is 3.92. The Kier molecular flexibility index (Phi) is 4.31. The smallest absolute Gasteiger partial charge is 0.315 e. The van der Waals surface area contributed by atoms with E-state index in [1.54, 1.807) is 0 Å². The maximum atomic E-state index is 11.3. The molecular formula is C9H18N2O4. The van der Waals surface area contributed by atoms with Crippen LogP contribution in [0.3, 0.4) is 0 Å². The molecule has 1 aliphatic rings. The summed E-state index contributed by atoms with van der Waals surface area (Å²) in [7, 11) is 0. The van der Waals surface area contributed by atoms with Gasteiger partial charge in [0.15, 0.2) is 0 Å². The van der Waals surface area contributed by atoms with Crippen LogP contribution in [-0.2, 0) is 4.74 Å². The summed E-state index contributed by atoms with van der Waals surface area (Å²) >= 11 is 0. The molecule has 0 aromatic rings. The minimum absolute atomic E-state index is 0.0399. The number of carbonyl (C=O) groups excluding carboxylic acids is 1. The van der Waals surface area contributed by atoms with Gasteiger partial charge in [-0.15, -0.1) is 0 Å². The Morgan fingerprint density at radius 3 is 2.73 bits per heavy atom. The van der Waals surface area contributed by atoms with Crippen molar-refractivity contribution in [2.75, 3.05) is 13.2 Å². The Balaban J connectivity index is 2.36. The number of aliphatic hydroxyl groups is 2. The first-order valence-electron chi connectivity index (χ1n) is 5.02. The quantitative estimate of drug-likeness (QED) is 0.479. The Hall–Kier alpha value is -0.850. The number of amides is 2. The van der Waals surface area contributed by atoms with Crippen molar-refractivity contribution in [2.24, 2.45) is 0 Å². The number of hydrogen-bond donors (Lipinski definition) is 4. The average molecular weight is 218 g/mol. The van der Waals surface area contributed by atoms with E-state index in [2.05, 4.69) is 10.6 Å². The number of carbonyl (C=O) groups is 1. The van der Waals surface area contributed by atoms with Crippen molar-refractivity contribution in [3.63, 3.8) is 0 Å². The molecule has 0 bridgehead atoms. The Labute approximate surface area is 88.6 Å². The maximum Gasteiger partial charge on any atom is 0.315 e. The summed E-state index contributed by atoms with van der Waals surface area (Å²) in [5.41, 5.74) is 0. The Morgan fingerprint density at radius 1 is 1.60 bits per heavy atom. The van der Waals surface area contributed by atoms with Crippen molar-refractivity contribution in [1.82, 2.24) is 10.6 Å². The van der Waals surface area contributed by atoms with Gasteiger partial charge in [0.05, 0.1) is 19.3 Å². The van der Waals surface area contributed by atoms with Crippen molar-refractivity contribution >= 4 is 6.03 Å². The molecule has 3 atom stereocenters. The molecule has 15 heavy (non-hydrogen) atoms. The highest BCUT2D eigenvalue weighted by Gasteiger charge is 2.36. The van der Waals surface area contributed by atoms with E-state index in [0.717, 1.165) is 0 Å². The predicted molar refractivity (Wildman–Crippen MR) is 53.4 cm³/mol. The lowest BCUT2D eigenvalue weighted by Crippen LogP contribution is -2.50. The molecule has 0 aromatic heterocycles. The molecule has 6 heteroatoms. The van der Waals surface area contributed by atoms with Gasteiger partial charge in [-0.3, -0.25) is 0 Å². The molecule has 4 N–H and O–H groups in total. The van der Waals surface area contributed by atoms with Crippen LogP contribution in [0.15, 0.2) is 0 Å². The highest BCUT2D eigenvalue weighted by molar-refractivity contribution is 5.74. The van der Waals surface area contributed by atoms with Gasteiger partial charge in [-0.05, 0) is 13.8 Å². The third-order valence-corrected chi connectivity index (χ3v) is 2.20. The summed E-state index contributed by atoms with van der Waals surface area (Å²) < 4.78 is 5.09. The molecule has 1 fully saturated rings. The summed E-state index contributed by atoms with van der Waals surface area (Å²) in [6, 6.07) is -0.754. The number of ether oxygens (including phenoxy) is 1. The van der Waals surface area contributed by atoms with E-state index in [1.165, 1.54) is 0 Å². The summed E-state index contributed by atoms with van der Waals surface area (Å²) in [6.45, 7) is 3.67. The minimum atomic E-state index is -0.854. The van der Waals surface area contributed by atoms with Gasteiger partial charge in [0.25, 0.3) is 0 Å². The Morgan fingerprint density at radius 2 is 2.27 bits per heavy atom. The summed E-state index contributed by atoms with van der Waals surface area (Å²) in [4.78, 5) is 11.3. The number of urea groups is 1. The lowest BCUT2D eigenvalue weighted by atomic mass is 10.1. The summed E-state index contributed by atoms with van der Waals surface area (Å²) in [5.74, 6) is 0. The standard InChI is InChI=1S/C9H18N2O4/c1-5(2)10-9(14)11-6-4-15-7(3-12)8(6)13/h5-8,12-13H,3-4H2,1-2H3,(H2,10,11,14). The second kappa shape index (κ2) is 5.29. The molecule has 1 heterocycles. The SMILES string of the molecule is CC(C)NC(=O)NC1COC(CO)C1O. The molecule has 1 rings (SSSR count). The van der Waals surface area contributed by atoms with Gasteiger partial charge in [0, 0.05) is 6.04 Å². The second-order valence-electron chi connectivity index (χ2n) is 3.92. The first-order valence-corrected chi connectivity index (χ1v) is 5.02. The molecule has 0 radical (unpaired) electrons. The van der Waals surface area contributed by atoms with E-state index in [4.69, 9.17) is 9.84 Å². The van der Waals surface area contributed by atoms with E-state index in [-0.39, 0.29) is 25.3 Å². The van der Waals surface area contributed by atoms with E-state index in [1.807, 2.05) is 13.8 Å². The zero-order chi connectivity index (χ0) is 11.4. The van der Waals surface area contributed by atoms with Gasteiger partial charge in [-0.1, -0.05) is 0 Å². The van der Waals surface area contributed by atoms with Crippen LogP contribution in [0.4, 0.5) is 4.79 Å². The lowest BCUT2D eigenvalue weighted by molar-refractivity contribution is 0.00293. The molecule has 0 saturated carbocycles. The molecular weight excluding hydrogens is 200 g/mol. The van der Waals surface area contributed by atoms with Crippen LogP contribution < -0.4 is 10.6 Å². The fourth-order valence-corrected chi connectivity index (χ4v) is 1.44. The van der Waals surface area contributed by atoms with E-state index >= 15 is 0 Å². The molecule has 0 aromatic carbocycles. The molecule has 1 saturated heterocycles. The van der Waals surface area contributed by atoms with Crippen LogP contribution in [0, 0.1) is 0 Å². The number of nitrogens with one attached hydrogen (secondary N) is 2. The van der Waals surface area contributed by atoms with Crippen molar-refractivity contribution < 1.29 is 19.7 Å². The zero-order valence-corrected chi connectivity index (χ0v) is 8.93. The largest absolute Gasteiger partial charge is 0.394 e. The third-order valence-electron chi connectivity index (χ3n) is 2.20.